The number of rotatable bonds is 6. The molecular weight excluding hydrogens is 282 g/mol. The molecule has 1 rings (SSSR count). The van der Waals surface area contributed by atoms with Crippen molar-refractivity contribution in [3.05, 3.63) is 12.7 Å². The number of hydrogen-bond acceptors (Lipinski definition) is 3. The van der Waals surface area contributed by atoms with E-state index < -0.39 is 8.32 Å². The predicted molar refractivity (Wildman–Crippen MR) is 88.7 cm³/mol. The van der Waals surface area contributed by atoms with Crippen molar-refractivity contribution in [3.63, 3.8) is 0 Å². The zero-order chi connectivity index (χ0) is 16.3. The molecule has 122 valence electrons. The number of aliphatic hydroxyl groups is 1. The molecule has 0 spiro atoms. The minimum absolute atomic E-state index is 0.0385. The summed E-state index contributed by atoms with van der Waals surface area (Å²) in [5.41, 5.74) is 0. The average molecular weight is 314 g/mol. The van der Waals surface area contributed by atoms with Crippen LogP contribution in [-0.4, -0.2) is 49.5 Å². The molecule has 4 nitrogen and oxygen atoms in total. The second-order valence-electron chi connectivity index (χ2n) is 7.39. The number of aliphatic hydroxyl groups excluding tert-OH is 1. The van der Waals surface area contributed by atoms with Gasteiger partial charge in [0.2, 0.25) is 5.91 Å². The summed E-state index contributed by atoms with van der Waals surface area (Å²) in [5.74, 6) is 0.142. The van der Waals surface area contributed by atoms with E-state index in [4.69, 9.17) is 4.43 Å². The maximum atomic E-state index is 12.1. The molecule has 1 fully saturated rings. The highest BCUT2D eigenvalue weighted by Crippen LogP contribution is 2.38. The summed E-state index contributed by atoms with van der Waals surface area (Å²) >= 11 is 0. The maximum absolute atomic E-state index is 12.1. The zero-order valence-corrected chi connectivity index (χ0v) is 15.2. The number of nitrogens with zero attached hydrogens (tertiary/aromatic N) is 1. The summed E-state index contributed by atoms with van der Waals surface area (Å²) < 4.78 is 6.38. The van der Waals surface area contributed by atoms with Gasteiger partial charge in [0, 0.05) is 13.0 Å². The second kappa shape index (κ2) is 7.07. The Morgan fingerprint density at radius 2 is 2.14 bits per heavy atom. The van der Waals surface area contributed by atoms with Crippen molar-refractivity contribution in [2.24, 2.45) is 0 Å². The van der Waals surface area contributed by atoms with Gasteiger partial charge in [-0.3, -0.25) is 4.79 Å². The molecular formula is C16H31NO3Si. The van der Waals surface area contributed by atoms with Gasteiger partial charge in [-0.2, -0.15) is 0 Å². The lowest BCUT2D eigenvalue weighted by molar-refractivity contribution is -0.139. The van der Waals surface area contributed by atoms with Crippen molar-refractivity contribution >= 4 is 14.2 Å². The number of amides is 1. The highest BCUT2D eigenvalue weighted by atomic mass is 28.4. The lowest BCUT2D eigenvalue weighted by atomic mass is 9.97. The topological polar surface area (TPSA) is 49.8 Å². The molecule has 1 saturated heterocycles. The number of carbonyl (C=O) groups excluding carboxylic acids is 1. The molecule has 0 unspecified atom stereocenters. The Balaban J connectivity index is 2.91. The standard InChI is InChI=1S/C16H31NO3Si/c1-7-11-17-13(9-8-10-15(17)19)14(12-18)20-21(5,6)16(2,3)4/h7,13-14,18H,1,8-12H2,2-6H3/t13-,14+/m0/s1. The maximum Gasteiger partial charge on any atom is 0.223 e. The quantitative estimate of drug-likeness (QED) is 0.606. The fourth-order valence-electron chi connectivity index (χ4n) is 2.50. The smallest absolute Gasteiger partial charge is 0.223 e. The summed E-state index contributed by atoms with van der Waals surface area (Å²) in [6.45, 7) is 15.1. The molecule has 1 aliphatic rings. The van der Waals surface area contributed by atoms with Gasteiger partial charge in [0.1, 0.15) is 0 Å². The van der Waals surface area contributed by atoms with E-state index in [9.17, 15) is 9.90 Å². The lowest BCUT2D eigenvalue weighted by Crippen LogP contribution is -2.56. The van der Waals surface area contributed by atoms with Crippen LogP contribution in [0, 0.1) is 0 Å². The van der Waals surface area contributed by atoms with Crippen molar-refractivity contribution in [1.82, 2.24) is 4.90 Å². The van der Waals surface area contributed by atoms with Crippen LogP contribution in [0.4, 0.5) is 0 Å². The van der Waals surface area contributed by atoms with Crippen molar-refractivity contribution in [1.29, 1.82) is 0 Å². The molecule has 0 radical (unpaired) electrons. The van der Waals surface area contributed by atoms with Gasteiger partial charge in [0.15, 0.2) is 8.32 Å². The summed E-state index contributed by atoms with van der Waals surface area (Å²) in [5, 5.41) is 9.90. The Kier molecular flexibility index (Phi) is 6.19. The SMILES string of the molecule is C=CCN1C(=O)CCC[C@H]1[C@@H](CO)O[Si](C)(C)C(C)(C)C. The van der Waals surface area contributed by atoms with Gasteiger partial charge >= 0.3 is 0 Å². The van der Waals surface area contributed by atoms with Gasteiger partial charge in [0.05, 0.1) is 18.8 Å². The molecule has 0 aromatic heterocycles. The molecule has 2 atom stereocenters. The molecule has 1 amide bonds. The molecule has 5 heteroatoms. The number of carbonyl (C=O) groups is 1. The van der Waals surface area contributed by atoms with Crippen LogP contribution in [-0.2, 0) is 9.22 Å². The minimum atomic E-state index is -1.97. The predicted octanol–water partition coefficient (Wildman–Crippen LogP) is 2.94. The second-order valence-corrected chi connectivity index (χ2v) is 12.1. The third kappa shape index (κ3) is 4.41. The first-order valence-electron chi connectivity index (χ1n) is 7.83. The third-order valence-corrected chi connectivity index (χ3v) is 9.30. The fourth-order valence-corrected chi connectivity index (χ4v) is 3.84. The molecule has 1 N–H and O–H groups in total. The first-order valence-corrected chi connectivity index (χ1v) is 10.7. The van der Waals surface area contributed by atoms with Gasteiger partial charge in [-0.05, 0) is 31.0 Å². The Labute approximate surface area is 130 Å². The first kappa shape index (κ1) is 18.4. The molecule has 0 aromatic carbocycles. The van der Waals surface area contributed by atoms with E-state index in [1.54, 1.807) is 6.08 Å². The van der Waals surface area contributed by atoms with Gasteiger partial charge in [-0.25, -0.2) is 0 Å². The van der Waals surface area contributed by atoms with E-state index in [1.165, 1.54) is 0 Å². The number of likely N-dealkylation sites (tertiary alicyclic amines) is 1. The molecule has 0 bridgehead atoms. The highest BCUT2D eigenvalue weighted by Gasteiger charge is 2.42. The average Bonchev–Trinajstić information content (AvgIpc) is 2.37. The third-order valence-electron chi connectivity index (χ3n) is 4.80. The fraction of sp³-hybridized carbons (Fsp3) is 0.812. The zero-order valence-electron chi connectivity index (χ0n) is 14.2. The summed E-state index contributed by atoms with van der Waals surface area (Å²) in [7, 11) is -1.97. The monoisotopic (exact) mass is 313 g/mol. The summed E-state index contributed by atoms with van der Waals surface area (Å²) in [4.78, 5) is 14.0. The molecule has 1 aliphatic heterocycles. The van der Waals surface area contributed by atoms with Crippen molar-refractivity contribution in [3.8, 4) is 0 Å². The van der Waals surface area contributed by atoms with Crippen molar-refractivity contribution in [2.75, 3.05) is 13.2 Å². The van der Waals surface area contributed by atoms with E-state index in [0.29, 0.717) is 13.0 Å². The van der Waals surface area contributed by atoms with Crippen LogP contribution >= 0.6 is 0 Å². The minimum Gasteiger partial charge on any atom is -0.409 e. The van der Waals surface area contributed by atoms with Crippen LogP contribution in [0.25, 0.3) is 0 Å². The Bertz CT molecular complexity index is 376. The highest BCUT2D eigenvalue weighted by molar-refractivity contribution is 6.74. The van der Waals surface area contributed by atoms with Crippen LogP contribution in [0.3, 0.4) is 0 Å². The van der Waals surface area contributed by atoms with E-state index >= 15 is 0 Å². The Morgan fingerprint density at radius 1 is 1.52 bits per heavy atom. The molecule has 0 saturated carbocycles. The largest absolute Gasteiger partial charge is 0.409 e. The normalized spacial score (nSPS) is 22.3. The van der Waals surface area contributed by atoms with Gasteiger partial charge in [-0.1, -0.05) is 26.8 Å². The Morgan fingerprint density at radius 3 is 2.62 bits per heavy atom. The molecule has 0 aromatic rings. The van der Waals surface area contributed by atoms with Crippen LogP contribution in [0.2, 0.25) is 18.1 Å². The van der Waals surface area contributed by atoms with Gasteiger partial charge < -0.3 is 14.4 Å². The van der Waals surface area contributed by atoms with Gasteiger partial charge in [0.25, 0.3) is 0 Å². The number of piperidine rings is 1. The van der Waals surface area contributed by atoms with Crippen LogP contribution in [0.1, 0.15) is 40.0 Å². The molecule has 21 heavy (non-hydrogen) atoms. The molecule has 1 heterocycles. The van der Waals surface area contributed by atoms with E-state index in [-0.39, 0.29) is 29.7 Å². The van der Waals surface area contributed by atoms with Crippen molar-refractivity contribution in [2.45, 2.75) is 70.3 Å². The van der Waals surface area contributed by atoms with E-state index in [2.05, 4.69) is 40.4 Å². The first-order chi connectivity index (χ1) is 9.64. The lowest BCUT2D eigenvalue weighted by Gasteiger charge is -2.45. The van der Waals surface area contributed by atoms with Crippen LogP contribution < -0.4 is 0 Å². The van der Waals surface area contributed by atoms with Gasteiger partial charge in [-0.15, -0.1) is 6.58 Å². The van der Waals surface area contributed by atoms with Crippen molar-refractivity contribution < 1.29 is 14.3 Å². The van der Waals surface area contributed by atoms with Crippen LogP contribution in [0.5, 0.6) is 0 Å². The summed E-state index contributed by atoms with van der Waals surface area (Å²) in [6.07, 6.45) is 3.79. The Hall–Kier alpha value is -0.653. The van der Waals surface area contributed by atoms with Crippen LogP contribution in [0.15, 0.2) is 12.7 Å². The van der Waals surface area contributed by atoms with E-state index in [1.807, 2.05) is 4.90 Å². The number of hydrogen-bond donors (Lipinski definition) is 1. The molecule has 0 aliphatic carbocycles. The summed E-state index contributed by atoms with van der Waals surface area (Å²) in [6, 6.07) is -0.0385. The van der Waals surface area contributed by atoms with E-state index in [0.717, 1.165) is 12.8 Å².